The van der Waals surface area contributed by atoms with E-state index in [2.05, 4.69) is 19.1 Å². The van der Waals surface area contributed by atoms with Gasteiger partial charge in [0.25, 0.3) is 5.91 Å². The van der Waals surface area contributed by atoms with E-state index < -0.39 is 9.84 Å². The smallest absolute Gasteiger partial charge is 0.254 e. The molecular weight excluding hydrogens is 386 g/mol. The van der Waals surface area contributed by atoms with Gasteiger partial charge in [0.05, 0.1) is 18.1 Å². The quantitative estimate of drug-likeness (QED) is 0.657. The Morgan fingerprint density at radius 3 is 2.45 bits per heavy atom. The fraction of sp³-hybridized carbons (Fsp3) is 0.435. The van der Waals surface area contributed by atoms with Crippen LogP contribution in [0.1, 0.15) is 48.2 Å². The lowest BCUT2D eigenvalue weighted by molar-refractivity contribution is 0.0680. The van der Waals surface area contributed by atoms with Crippen molar-refractivity contribution in [2.24, 2.45) is 0 Å². The Balaban J connectivity index is 1.86. The summed E-state index contributed by atoms with van der Waals surface area (Å²) in [6.45, 7) is 5.11. The number of carbonyl (C=O) groups excluding carboxylic acids is 1. The predicted octanol–water partition coefficient (Wildman–Crippen LogP) is 3.87. The van der Waals surface area contributed by atoms with Gasteiger partial charge in [-0.05, 0) is 48.6 Å². The van der Waals surface area contributed by atoms with E-state index in [1.165, 1.54) is 5.56 Å². The van der Waals surface area contributed by atoms with Crippen LogP contribution < -0.4 is 4.74 Å². The van der Waals surface area contributed by atoms with Crippen LogP contribution in [0, 0.1) is 0 Å². The molecule has 2 aromatic carbocycles. The standard InChI is InChI=1S/C23H29NO4S/c1-3-13-28-22-7-5-6-20(15-22)23(25)24(21-12-14-29(26,27)17-21)16-19-10-8-18(4-2)9-11-19/h5-11,15,21H,3-4,12-14,16-17H2,1-2H3. The fourth-order valence-corrected chi connectivity index (χ4v) is 5.30. The van der Waals surface area contributed by atoms with E-state index in [4.69, 9.17) is 4.74 Å². The van der Waals surface area contributed by atoms with Crippen molar-refractivity contribution < 1.29 is 17.9 Å². The summed E-state index contributed by atoms with van der Waals surface area (Å²) in [4.78, 5) is 15.1. The number of hydrogen-bond acceptors (Lipinski definition) is 4. The summed E-state index contributed by atoms with van der Waals surface area (Å²) in [6.07, 6.45) is 2.32. The van der Waals surface area contributed by atoms with Crippen molar-refractivity contribution in [2.45, 2.75) is 45.7 Å². The Bertz CT molecular complexity index is 938. The minimum Gasteiger partial charge on any atom is -0.494 e. The first-order valence-electron chi connectivity index (χ1n) is 10.2. The second-order valence-electron chi connectivity index (χ2n) is 7.54. The molecule has 1 heterocycles. The summed E-state index contributed by atoms with van der Waals surface area (Å²) in [5.74, 6) is 0.658. The molecule has 6 heteroatoms. The van der Waals surface area contributed by atoms with Crippen molar-refractivity contribution in [2.75, 3.05) is 18.1 Å². The maximum absolute atomic E-state index is 13.4. The molecule has 0 spiro atoms. The summed E-state index contributed by atoms with van der Waals surface area (Å²) in [5, 5.41) is 0. The molecule has 0 radical (unpaired) electrons. The number of rotatable bonds is 8. The first-order chi connectivity index (χ1) is 13.9. The van der Waals surface area contributed by atoms with E-state index in [0.717, 1.165) is 18.4 Å². The lowest BCUT2D eigenvalue weighted by Gasteiger charge is -2.29. The van der Waals surface area contributed by atoms with E-state index in [1.54, 1.807) is 23.1 Å². The molecule has 0 aromatic heterocycles. The van der Waals surface area contributed by atoms with Crippen LogP contribution in [-0.4, -0.2) is 43.4 Å². The molecule has 156 valence electrons. The number of benzene rings is 2. The van der Waals surface area contributed by atoms with Crippen LogP contribution in [0.5, 0.6) is 5.75 Å². The molecule has 1 aliphatic rings. The van der Waals surface area contributed by atoms with Gasteiger partial charge in [0.2, 0.25) is 0 Å². The normalized spacial score (nSPS) is 17.8. The van der Waals surface area contributed by atoms with Gasteiger partial charge in [0.15, 0.2) is 9.84 Å². The number of amides is 1. The number of aryl methyl sites for hydroxylation is 1. The zero-order chi connectivity index (χ0) is 20.9. The van der Waals surface area contributed by atoms with Crippen LogP contribution >= 0.6 is 0 Å². The SMILES string of the molecule is CCCOc1cccc(C(=O)N(Cc2ccc(CC)cc2)C2CCS(=O)(=O)C2)c1. The van der Waals surface area contributed by atoms with Crippen LogP contribution in [0.4, 0.5) is 0 Å². The number of nitrogens with zero attached hydrogens (tertiary/aromatic N) is 1. The largest absolute Gasteiger partial charge is 0.494 e. The fourth-order valence-electron chi connectivity index (χ4n) is 3.57. The van der Waals surface area contributed by atoms with Crippen molar-refractivity contribution in [3.8, 4) is 5.75 Å². The zero-order valence-corrected chi connectivity index (χ0v) is 18.0. The number of ether oxygens (including phenoxy) is 1. The monoisotopic (exact) mass is 415 g/mol. The number of carbonyl (C=O) groups is 1. The summed E-state index contributed by atoms with van der Waals surface area (Å²) < 4.78 is 29.8. The molecule has 29 heavy (non-hydrogen) atoms. The molecule has 1 aliphatic heterocycles. The van der Waals surface area contributed by atoms with Gasteiger partial charge in [-0.2, -0.15) is 0 Å². The lowest BCUT2D eigenvalue weighted by Crippen LogP contribution is -2.40. The second-order valence-corrected chi connectivity index (χ2v) is 9.76. The van der Waals surface area contributed by atoms with Gasteiger partial charge in [-0.3, -0.25) is 4.79 Å². The summed E-state index contributed by atoms with van der Waals surface area (Å²) in [6, 6.07) is 15.0. The predicted molar refractivity (Wildman–Crippen MR) is 115 cm³/mol. The topological polar surface area (TPSA) is 63.7 Å². The molecule has 0 aliphatic carbocycles. The average Bonchev–Trinajstić information content (AvgIpc) is 3.10. The van der Waals surface area contributed by atoms with E-state index in [9.17, 15) is 13.2 Å². The van der Waals surface area contributed by atoms with E-state index in [0.29, 0.717) is 30.9 Å². The first kappa shape index (κ1) is 21.4. The molecule has 1 fully saturated rings. The number of hydrogen-bond donors (Lipinski definition) is 0. The molecule has 1 atom stereocenters. The molecule has 3 rings (SSSR count). The summed E-state index contributed by atoms with van der Waals surface area (Å²) >= 11 is 0. The van der Waals surface area contributed by atoms with Crippen molar-refractivity contribution in [1.29, 1.82) is 0 Å². The van der Waals surface area contributed by atoms with Gasteiger partial charge in [-0.25, -0.2) is 8.42 Å². The molecule has 1 unspecified atom stereocenters. The molecule has 5 nitrogen and oxygen atoms in total. The van der Waals surface area contributed by atoms with Gasteiger partial charge >= 0.3 is 0 Å². The van der Waals surface area contributed by atoms with Gasteiger partial charge in [-0.15, -0.1) is 0 Å². The van der Waals surface area contributed by atoms with Crippen molar-refractivity contribution in [3.63, 3.8) is 0 Å². The van der Waals surface area contributed by atoms with Gasteiger partial charge in [0.1, 0.15) is 5.75 Å². The van der Waals surface area contributed by atoms with Crippen molar-refractivity contribution in [3.05, 3.63) is 65.2 Å². The molecule has 1 amide bonds. The maximum Gasteiger partial charge on any atom is 0.254 e. The minimum atomic E-state index is -3.10. The Morgan fingerprint density at radius 2 is 1.83 bits per heavy atom. The highest BCUT2D eigenvalue weighted by Crippen LogP contribution is 2.24. The van der Waals surface area contributed by atoms with Crippen molar-refractivity contribution >= 4 is 15.7 Å². The average molecular weight is 416 g/mol. The Morgan fingerprint density at radius 1 is 1.10 bits per heavy atom. The van der Waals surface area contributed by atoms with E-state index >= 15 is 0 Å². The zero-order valence-electron chi connectivity index (χ0n) is 17.1. The Kier molecular flexibility index (Phi) is 6.96. The third-order valence-corrected chi connectivity index (χ3v) is 7.00. The van der Waals surface area contributed by atoms with Crippen LogP contribution in [0.3, 0.4) is 0 Å². The second kappa shape index (κ2) is 9.44. The first-order valence-corrected chi connectivity index (χ1v) is 12.1. The van der Waals surface area contributed by atoms with Crippen LogP contribution in [0.2, 0.25) is 0 Å². The third-order valence-electron chi connectivity index (χ3n) is 5.25. The highest BCUT2D eigenvalue weighted by atomic mass is 32.2. The molecule has 0 saturated carbocycles. The van der Waals surface area contributed by atoms with E-state index in [1.807, 2.05) is 25.1 Å². The molecule has 2 aromatic rings. The van der Waals surface area contributed by atoms with Gasteiger partial charge < -0.3 is 9.64 Å². The molecule has 0 N–H and O–H groups in total. The molecule has 1 saturated heterocycles. The highest BCUT2D eigenvalue weighted by Gasteiger charge is 2.35. The van der Waals surface area contributed by atoms with Gasteiger partial charge in [-0.1, -0.05) is 44.2 Å². The summed E-state index contributed by atoms with van der Waals surface area (Å²) in [5.41, 5.74) is 2.75. The van der Waals surface area contributed by atoms with E-state index in [-0.39, 0.29) is 23.5 Å². The molecule has 0 bridgehead atoms. The lowest BCUT2D eigenvalue weighted by atomic mass is 10.1. The Labute approximate surface area is 173 Å². The summed E-state index contributed by atoms with van der Waals surface area (Å²) in [7, 11) is -3.10. The van der Waals surface area contributed by atoms with Crippen LogP contribution in [0.15, 0.2) is 48.5 Å². The Hall–Kier alpha value is -2.34. The molecular formula is C23H29NO4S. The third kappa shape index (κ3) is 5.60. The van der Waals surface area contributed by atoms with Gasteiger partial charge in [0, 0.05) is 18.2 Å². The minimum absolute atomic E-state index is 0.0256. The maximum atomic E-state index is 13.4. The van der Waals surface area contributed by atoms with Crippen LogP contribution in [-0.2, 0) is 22.8 Å². The van der Waals surface area contributed by atoms with Crippen LogP contribution in [0.25, 0.3) is 0 Å². The number of sulfone groups is 1. The highest BCUT2D eigenvalue weighted by molar-refractivity contribution is 7.91. The van der Waals surface area contributed by atoms with Crippen molar-refractivity contribution in [1.82, 2.24) is 4.90 Å².